The maximum absolute atomic E-state index is 13.6. The van der Waals surface area contributed by atoms with E-state index in [2.05, 4.69) is 21.2 Å². The highest BCUT2D eigenvalue weighted by Crippen LogP contribution is 2.26. The van der Waals surface area contributed by atoms with Gasteiger partial charge in [0, 0.05) is 17.1 Å². The molecule has 1 aliphatic rings. The molecule has 0 amide bonds. The normalized spacial score (nSPS) is 18.0. The smallest absolute Gasteiger partial charge is 0.200 e. The van der Waals surface area contributed by atoms with Gasteiger partial charge < -0.3 is 10.1 Å². The predicted octanol–water partition coefficient (Wildman–Crippen LogP) is 4.42. The van der Waals surface area contributed by atoms with Crippen molar-refractivity contribution in [2.75, 3.05) is 6.54 Å². The first-order valence-electron chi connectivity index (χ1n) is 7.11. The Morgan fingerprint density at radius 2 is 2.00 bits per heavy atom. The van der Waals surface area contributed by atoms with Crippen molar-refractivity contribution < 1.29 is 13.5 Å². The molecule has 0 spiro atoms. The number of hydrogen-bond donors (Lipinski definition) is 1. The van der Waals surface area contributed by atoms with Crippen LogP contribution in [0.15, 0.2) is 16.6 Å². The Kier molecular flexibility index (Phi) is 5.78. The van der Waals surface area contributed by atoms with E-state index in [1.807, 2.05) is 6.92 Å². The molecule has 0 aliphatic heterocycles. The van der Waals surface area contributed by atoms with Crippen molar-refractivity contribution in [3.05, 3.63) is 28.2 Å². The maximum atomic E-state index is 13.6. The highest BCUT2D eigenvalue weighted by Gasteiger charge is 2.16. The molecule has 1 unspecified atom stereocenters. The van der Waals surface area contributed by atoms with Crippen LogP contribution in [0, 0.1) is 11.6 Å². The van der Waals surface area contributed by atoms with Crippen molar-refractivity contribution in [2.45, 2.75) is 51.2 Å². The fourth-order valence-corrected chi connectivity index (χ4v) is 2.92. The fourth-order valence-electron chi connectivity index (χ4n) is 2.52. The monoisotopic (exact) mass is 347 g/mol. The molecule has 0 heterocycles. The number of halogens is 3. The molecule has 1 saturated carbocycles. The highest BCUT2D eigenvalue weighted by molar-refractivity contribution is 9.10. The fraction of sp³-hybridized carbons (Fsp3) is 0.600. The third-order valence-corrected chi connectivity index (χ3v) is 4.04. The van der Waals surface area contributed by atoms with Crippen molar-refractivity contribution in [3.63, 3.8) is 0 Å². The molecular formula is C15H20BrF2NO. The van der Waals surface area contributed by atoms with Crippen molar-refractivity contribution in [1.29, 1.82) is 0 Å². The van der Waals surface area contributed by atoms with Gasteiger partial charge in [-0.05, 0) is 31.9 Å². The quantitative estimate of drug-likeness (QED) is 0.796. The lowest BCUT2D eigenvalue weighted by molar-refractivity contribution is 0.195. The number of nitrogens with one attached hydrogen (secondary N) is 1. The van der Waals surface area contributed by atoms with Crippen LogP contribution in [-0.2, 0) is 0 Å². The Balaban J connectivity index is 1.86. The summed E-state index contributed by atoms with van der Waals surface area (Å²) < 4.78 is 32.8. The van der Waals surface area contributed by atoms with Crippen LogP contribution < -0.4 is 10.1 Å². The molecule has 1 atom stereocenters. The molecule has 1 fully saturated rings. The summed E-state index contributed by atoms with van der Waals surface area (Å²) in [6.07, 6.45) is 6.00. The van der Waals surface area contributed by atoms with Gasteiger partial charge in [-0.2, -0.15) is 4.39 Å². The molecular weight excluding hydrogens is 328 g/mol. The van der Waals surface area contributed by atoms with E-state index in [4.69, 9.17) is 4.74 Å². The van der Waals surface area contributed by atoms with Crippen LogP contribution in [0.4, 0.5) is 8.78 Å². The first-order chi connectivity index (χ1) is 9.56. The maximum Gasteiger partial charge on any atom is 0.200 e. The largest absolute Gasteiger partial charge is 0.486 e. The summed E-state index contributed by atoms with van der Waals surface area (Å²) in [6.45, 7) is 2.49. The predicted molar refractivity (Wildman–Crippen MR) is 79.0 cm³/mol. The summed E-state index contributed by atoms with van der Waals surface area (Å²) >= 11 is 3.14. The first kappa shape index (κ1) is 15.7. The van der Waals surface area contributed by atoms with Crippen LogP contribution in [0.1, 0.15) is 39.0 Å². The number of benzene rings is 1. The molecule has 20 heavy (non-hydrogen) atoms. The zero-order valence-corrected chi connectivity index (χ0v) is 13.2. The molecule has 112 valence electrons. The molecule has 1 aliphatic carbocycles. The molecule has 5 heteroatoms. The Morgan fingerprint density at radius 3 is 2.70 bits per heavy atom. The van der Waals surface area contributed by atoms with Crippen LogP contribution in [0.25, 0.3) is 0 Å². The third-order valence-electron chi connectivity index (χ3n) is 3.59. The highest BCUT2D eigenvalue weighted by atomic mass is 79.9. The first-order valence-corrected chi connectivity index (χ1v) is 7.90. The number of ether oxygens (including phenoxy) is 1. The van der Waals surface area contributed by atoms with Crippen LogP contribution in [0.5, 0.6) is 5.75 Å². The van der Waals surface area contributed by atoms with Crippen molar-refractivity contribution in [2.24, 2.45) is 0 Å². The Hall–Kier alpha value is -0.680. The van der Waals surface area contributed by atoms with Crippen molar-refractivity contribution in [1.82, 2.24) is 5.32 Å². The van der Waals surface area contributed by atoms with E-state index in [0.29, 0.717) is 17.1 Å². The average Bonchev–Trinajstić information content (AvgIpc) is 2.43. The molecule has 0 bridgehead atoms. The molecule has 0 aromatic heterocycles. The number of hydrogen-bond acceptors (Lipinski definition) is 2. The Morgan fingerprint density at radius 1 is 1.30 bits per heavy atom. The van der Waals surface area contributed by atoms with Gasteiger partial charge in [-0.15, -0.1) is 0 Å². The lowest BCUT2D eigenvalue weighted by Gasteiger charge is -2.25. The summed E-state index contributed by atoms with van der Waals surface area (Å²) in [7, 11) is 0. The van der Waals surface area contributed by atoms with Gasteiger partial charge in [0.25, 0.3) is 0 Å². The third kappa shape index (κ3) is 4.42. The van der Waals surface area contributed by atoms with E-state index in [1.54, 1.807) is 0 Å². The van der Waals surface area contributed by atoms with E-state index in [0.717, 1.165) is 6.07 Å². The Bertz CT molecular complexity index is 450. The topological polar surface area (TPSA) is 21.3 Å². The van der Waals surface area contributed by atoms with Crippen LogP contribution in [-0.4, -0.2) is 18.7 Å². The zero-order valence-electron chi connectivity index (χ0n) is 11.6. The van der Waals surface area contributed by atoms with Gasteiger partial charge in [0.1, 0.15) is 6.10 Å². The Labute approximate surface area is 127 Å². The molecule has 0 saturated heterocycles. The second-order valence-electron chi connectivity index (χ2n) is 5.37. The van der Waals surface area contributed by atoms with E-state index in [9.17, 15) is 8.78 Å². The molecule has 1 aromatic rings. The van der Waals surface area contributed by atoms with Gasteiger partial charge >= 0.3 is 0 Å². The molecule has 1 aromatic carbocycles. The summed E-state index contributed by atoms with van der Waals surface area (Å²) in [5, 5.41) is 3.44. The summed E-state index contributed by atoms with van der Waals surface area (Å²) in [4.78, 5) is 0. The molecule has 2 rings (SSSR count). The summed E-state index contributed by atoms with van der Waals surface area (Å²) in [5.41, 5.74) is 0. The van der Waals surface area contributed by atoms with Crippen LogP contribution in [0.2, 0.25) is 0 Å². The minimum Gasteiger partial charge on any atom is -0.486 e. The van der Waals surface area contributed by atoms with Gasteiger partial charge in [0.2, 0.25) is 5.82 Å². The molecule has 1 N–H and O–H groups in total. The van der Waals surface area contributed by atoms with Gasteiger partial charge in [-0.3, -0.25) is 0 Å². The van der Waals surface area contributed by atoms with Crippen molar-refractivity contribution in [3.8, 4) is 5.75 Å². The second-order valence-corrected chi connectivity index (χ2v) is 6.29. The van der Waals surface area contributed by atoms with Crippen molar-refractivity contribution >= 4 is 15.9 Å². The lowest BCUT2D eigenvalue weighted by Crippen LogP contribution is -2.37. The minimum absolute atomic E-state index is 0.0465. The van der Waals surface area contributed by atoms with E-state index < -0.39 is 11.6 Å². The van der Waals surface area contributed by atoms with Crippen LogP contribution in [0.3, 0.4) is 0 Å². The molecule has 0 radical (unpaired) electrons. The van der Waals surface area contributed by atoms with Gasteiger partial charge in [0.05, 0.1) is 0 Å². The van der Waals surface area contributed by atoms with Gasteiger partial charge in [0.15, 0.2) is 11.6 Å². The molecule has 2 nitrogen and oxygen atoms in total. The second kappa shape index (κ2) is 7.36. The SMILES string of the molecule is CC(CNC1CCCCC1)Oc1cc(Br)cc(F)c1F. The van der Waals surface area contributed by atoms with E-state index in [-0.39, 0.29) is 11.9 Å². The van der Waals surface area contributed by atoms with Gasteiger partial charge in [-0.1, -0.05) is 35.2 Å². The number of rotatable bonds is 5. The minimum atomic E-state index is -0.933. The van der Waals surface area contributed by atoms with E-state index in [1.165, 1.54) is 38.2 Å². The average molecular weight is 348 g/mol. The summed E-state index contributed by atoms with van der Waals surface area (Å²) in [5.74, 6) is -1.88. The van der Waals surface area contributed by atoms with Gasteiger partial charge in [-0.25, -0.2) is 4.39 Å². The summed E-state index contributed by atoms with van der Waals surface area (Å²) in [6, 6.07) is 3.07. The lowest BCUT2D eigenvalue weighted by atomic mass is 9.95. The van der Waals surface area contributed by atoms with E-state index >= 15 is 0 Å². The van der Waals surface area contributed by atoms with Crippen LogP contribution >= 0.6 is 15.9 Å². The zero-order chi connectivity index (χ0) is 14.5. The standard InChI is InChI=1S/C15H20BrF2NO/c1-10(9-19-12-5-3-2-4-6-12)20-14-8-11(16)7-13(17)15(14)18/h7-8,10,12,19H,2-6,9H2,1H3.